The predicted octanol–water partition coefficient (Wildman–Crippen LogP) is 7.47. The van der Waals surface area contributed by atoms with Crippen molar-refractivity contribution < 1.29 is 44.9 Å². The van der Waals surface area contributed by atoms with Crippen molar-refractivity contribution in [3.63, 3.8) is 0 Å². The SMILES string of the molecule is CCCC/C=C/CC/C=C/CC/C=C/C(O)C(COC1OC(CO)C(O)C(O)C1O)NC(=O)C(O)CCCCCCCCCCCCCCCCCCC. The molecule has 0 bridgehead atoms. The van der Waals surface area contributed by atoms with Crippen molar-refractivity contribution in [3.05, 3.63) is 36.5 Å². The quantitative estimate of drug-likeness (QED) is 0.0256. The molecule has 1 aliphatic rings. The molecule has 8 atom stereocenters. The fourth-order valence-electron chi connectivity index (χ4n) is 6.65. The number of aliphatic hydroxyl groups is 6. The van der Waals surface area contributed by atoms with Gasteiger partial charge in [0.05, 0.1) is 25.4 Å². The Balaban J connectivity index is 2.45. The highest BCUT2D eigenvalue weighted by atomic mass is 16.7. The average molecular weight is 768 g/mol. The average Bonchev–Trinajstić information content (AvgIpc) is 3.17. The Hall–Kier alpha value is -1.63. The van der Waals surface area contributed by atoms with Gasteiger partial charge in [0.2, 0.25) is 5.91 Å². The number of aliphatic hydroxyl groups excluding tert-OH is 6. The van der Waals surface area contributed by atoms with Gasteiger partial charge in [-0.2, -0.15) is 0 Å². The second-order valence-electron chi connectivity index (χ2n) is 15.3. The summed E-state index contributed by atoms with van der Waals surface area (Å²) in [5.74, 6) is -0.631. The molecule has 7 N–H and O–H groups in total. The number of amides is 1. The Kier molecular flexibility index (Phi) is 32.3. The van der Waals surface area contributed by atoms with E-state index in [0.29, 0.717) is 19.3 Å². The first kappa shape index (κ1) is 50.4. The zero-order valence-electron chi connectivity index (χ0n) is 34.1. The molecule has 1 fully saturated rings. The van der Waals surface area contributed by atoms with E-state index in [-0.39, 0.29) is 6.61 Å². The molecule has 1 rings (SSSR count). The smallest absolute Gasteiger partial charge is 0.249 e. The fraction of sp³-hybridized carbons (Fsp3) is 0.841. The van der Waals surface area contributed by atoms with E-state index in [0.717, 1.165) is 44.9 Å². The summed E-state index contributed by atoms with van der Waals surface area (Å²) < 4.78 is 11.1. The third kappa shape index (κ3) is 24.8. The number of nitrogens with one attached hydrogen (secondary N) is 1. The molecule has 0 spiro atoms. The van der Waals surface area contributed by atoms with Crippen LogP contribution in [0.5, 0.6) is 0 Å². The predicted molar refractivity (Wildman–Crippen MR) is 218 cm³/mol. The normalized spacial score (nSPS) is 22.4. The first-order valence-corrected chi connectivity index (χ1v) is 21.8. The van der Waals surface area contributed by atoms with Crippen molar-refractivity contribution in [1.29, 1.82) is 0 Å². The summed E-state index contributed by atoms with van der Waals surface area (Å²) in [6.07, 6.45) is 30.9. The molecular formula is C44H81NO9. The van der Waals surface area contributed by atoms with E-state index in [2.05, 4.69) is 43.5 Å². The molecular weight excluding hydrogens is 686 g/mol. The lowest BCUT2D eigenvalue weighted by Crippen LogP contribution is -2.60. The van der Waals surface area contributed by atoms with E-state index >= 15 is 0 Å². The number of rotatable bonds is 35. The lowest BCUT2D eigenvalue weighted by atomic mass is 9.99. The van der Waals surface area contributed by atoms with Gasteiger partial charge in [0, 0.05) is 0 Å². The van der Waals surface area contributed by atoms with Crippen molar-refractivity contribution in [2.45, 2.75) is 223 Å². The second kappa shape index (κ2) is 34.6. The minimum atomic E-state index is -1.62. The van der Waals surface area contributed by atoms with E-state index in [9.17, 15) is 35.4 Å². The van der Waals surface area contributed by atoms with E-state index in [1.165, 1.54) is 96.3 Å². The molecule has 1 aliphatic heterocycles. The number of hydrogen-bond acceptors (Lipinski definition) is 9. The van der Waals surface area contributed by atoms with E-state index in [1.807, 2.05) is 6.08 Å². The minimum Gasteiger partial charge on any atom is -0.394 e. The van der Waals surface area contributed by atoms with Crippen molar-refractivity contribution in [3.8, 4) is 0 Å². The van der Waals surface area contributed by atoms with Crippen molar-refractivity contribution in [1.82, 2.24) is 5.32 Å². The number of unbranched alkanes of at least 4 members (excludes halogenated alkanes) is 20. The summed E-state index contributed by atoms with van der Waals surface area (Å²) in [4.78, 5) is 13.0. The van der Waals surface area contributed by atoms with E-state index in [1.54, 1.807) is 6.08 Å². The van der Waals surface area contributed by atoms with Gasteiger partial charge in [0.1, 0.15) is 30.5 Å². The summed E-state index contributed by atoms with van der Waals surface area (Å²) in [6.45, 7) is 3.52. The highest BCUT2D eigenvalue weighted by Gasteiger charge is 2.44. The first-order chi connectivity index (χ1) is 26.3. The Morgan fingerprint density at radius 1 is 0.630 bits per heavy atom. The number of hydrogen-bond donors (Lipinski definition) is 7. The van der Waals surface area contributed by atoms with Crippen LogP contribution >= 0.6 is 0 Å². The molecule has 0 saturated carbocycles. The minimum absolute atomic E-state index is 0.303. The van der Waals surface area contributed by atoms with Gasteiger partial charge in [0.25, 0.3) is 0 Å². The van der Waals surface area contributed by atoms with Crippen LogP contribution in [-0.4, -0.2) is 98.7 Å². The molecule has 1 heterocycles. The van der Waals surface area contributed by atoms with Crippen LogP contribution in [0.2, 0.25) is 0 Å². The highest BCUT2D eigenvalue weighted by molar-refractivity contribution is 5.80. The van der Waals surface area contributed by atoms with Gasteiger partial charge >= 0.3 is 0 Å². The van der Waals surface area contributed by atoms with Crippen LogP contribution < -0.4 is 5.32 Å². The topological polar surface area (TPSA) is 169 Å². The Bertz CT molecular complexity index is 958. The standard InChI is InChI=1S/C44H81NO9/c1-3-5-7-9-11-13-15-17-18-19-20-21-23-25-27-29-31-33-38(48)43(52)45-36(35-53-44-42(51)41(50)40(49)39(34-46)54-44)37(47)32-30-28-26-24-22-16-14-12-10-8-6-4-2/h10,12,22,24,30,32,36-42,44,46-51H,3-9,11,13-21,23,25-29,31,33-35H2,1-2H3,(H,45,52)/b12-10+,24-22+,32-30+. The van der Waals surface area contributed by atoms with Crippen LogP contribution in [-0.2, 0) is 14.3 Å². The summed E-state index contributed by atoms with van der Waals surface area (Å²) in [7, 11) is 0. The van der Waals surface area contributed by atoms with Gasteiger partial charge in [-0.25, -0.2) is 0 Å². The number of allylic oxidation sites excluding steroid dienone is 5. The van der Waals surface area contributed by atoms with Crippen molar-refractivity contribution >= 4 is 5.91 Å². The highest BCUT2D eigenvalue weighted by Crippen LogP contribution is 2.22. The van der Waals surface area contributed by atoms with Gasteiger partial charge in [0.15, 0.2) is 6.29 Å². The summed E-state index contributed by atoms with van der Waals surface area (Å²) >= 11 is 0. The van der Waals surface area contributed by atoms with Gasteiger partial charge in [-0.15, -0.1) is 0 Å². The molecule has 0 aliphatic carbocycles. The maximum atomic E-state index is 13.0. The molecule has 0 aromatic heterocycles. The first-order valence-electron chi connectivity index (χ1n) is 21.8. The molecule has 8 unspecified atom stereocenters. The van der Waals surface area contributed by atoms with Crippen LogP contribution in [0, 0.1) is 0 Å². The van der Waals surface area contributed by atoms with Crippen LogP contribution in [0.4, 0.5) is 0 Å². The summed E-state index contributed by atoms with van der Waals surface area (Å²) in [5.41, 5.74) is 0. The molecule has 0 aromatic carbocycles. The molecule has 1 amide bonds. The summed E-state index contributed by atoms with van der Waals surface area (Å²) in [6, 6.07) is -0.999. The lowest BCUT2D eigenvalue weighted by Gasteiger charge is -2.40. The van der Waals surface area contributed by atoms with Gasteiger partial charge < -0.3 is 45.4 Å². The zero-order valence-corrected chi connectivity index (χ0v) is 34.1. The summed E-state index contributed by atoms with van der Waals surface area (Å²) in [5, 5.41) is 64.4. The maximum Gasteiger partial charge on any atom is 0.249 e. The number of ether oxygens (including phenoxy) is 2. The third-order valence-corrected chi connectivity index (χ3v) is 10.3. The largest absolute Gasteiger partial charge is 0.394 e. The van der Waals surface area contributed by atoms with Crippen molar-refractivity contribution in [2.24, 2.45) is 0 Å². The van der Waals surface area contributed by atoms with Crippen LogP contribution in [0.15, 0.2) is 36.5 Å². The monoisotopic (exact) mass is 768 g/mol. The van der Waals surface area contributed by atoms with Crippen molar-refractivity contribution in [2.75, 3.05) is 13.2 Å². The van der Waals surface area contributed by atoms with Crippen LogP contribution in [0.1, 0.15) is 174 Å². The maximum absolute atomic E-state index is 13.0. The molecule has 10 heteroatoms. The molecule has 54 heavy (non-hydrogen) atoms. The fourth-order valence-corrected chi connectivity index (χ4v) is 6.65. The van der Waals surface area contributed by atoms with E-state index in [4.69, 9.17) is 9.47 Å². The lowest BCUT2D eigenvalue weighted by molar-refractivity contribution is -0.302. The second-order valence-corrected chi connectivity index (χ2v) is 15.3. The third-order valence-electron chi connectivity index (χ3n) is 10.3. The number of carbonyl (C=O) groups is 1. The van der Waals surface area contributed by atoms with Gasteiger partial charge in [-0.1, -0.05) is 172 Å². The number of carbonyl (C=O) groups excluding carboxylic acids is 1. The van der Waals surface area contributed by atoms with Gasteiger partial charge in [-0.05, 0) is 38.5 Å². The molecule has 0 aromatic rings. The van der Waals surface area contributed by atoms with Gasteiger partial charge in [-0.3, -0.25) is 4.79 Å². The van der Waals surface area contributed by atoms with Crippen LogP contribution in [0.3, 0.4) is 0 Å². The molecule has 1 saturated heterocycles. The molecule has 316 valence electrons. The Morgan fingerprint density at radius 2 is 1.09 bits per heavy atom. The zero-order chi connectivity index (χ0) is 39.7. The van der Waals surface area contributed by atoms with E-state index < -0.39 is 61.5 Å². The molecule has 10 nitrogen and oxygen atoms in total. The molecule has 0 radical (unpaired) electrons. The Labute approximate surface area is 328 Å². The van der Waals surface area contributed by atoms with Crippen LogP contribution in [0.25, 0.3) is 0 Å². The Morgan fingerprint density at radius 3 is 1.59 bits per heavy atom.